The Morgan fingerprint density at radius 1 is 1.13 bits per heavy atom. The highest BCUT2D eigenvalue weighted by Gasteiger charge is 2.12. The van der Waals surface area contributed by atoms with E-state index in [-0.39, 0.29) is 0 Å². The lowest BCUT2D eigenvalue weighted by Gasteiger charge is -2.13. The van der Waals surface area contributed by atoms with Gasteiger partial charge in [-0.25, -0.2) is 0 Å². The van der Waals surface area contributed by atoms with E-state index in [0.29, 0.717) is 23.1 Å². The summed E-state index contributed by atoms with van der Waals surface area (Å²) in [6.07, 6.45) is 0. The van der Waals surface area contributed by atoms with E-state index in [2.05, 4.69) is 5.48 Å². The van der Waals surface area contributed by atoms with Crippen LogP contribution < -0.4 is 15.0 Å². The van der Waals surface area contributed by atoms with E-state index in [0.717, 1.165) is 5.56 Å². The van der Waals surface area contributed by atoms with Gasteiger partial charge < -0.3 is 14.3 Å². The minimum atomic E-state index is 0.454. The largest absolute Gasteiger partial charge is 0.496 e. The second-order valence-corrected chi connectivity index (χ2v) is 3.17. The van der Waals surface area contributed by atoms with Crippen molar-refractivity contribution >= 4 is 11.6 Å². The van der Waals surface area contributed by atoms with Crippen molar-refractivity contribution in [2.24, 2.45) is 0 Å². The molecule has 0 bridgehead atoms. The smallest absolute Gasteiger partial charge is 0.138 e. The van der Waals surface area contributed by atoms with Crippen LogP contribution in [0.4, 0.5) is 0 Å². The third kappa shape index (κ3) is 2.75. The first kappa shape index (κ1) is 12.1. The highest BCUT2D eigenvalue weighted by Crippen LogP contribution is 2.34. The standard InChI is InChI=1S/C10H14ClNO3/c1-13-8-4-5-9(14-2)10(11)7(8)6-12-15-3/h4-5,12H,6H2,1-3H3. The van der Waals surface area contributed by atoms with Gasteiger partial charge in [0.25, 0.3) is 0 Å². The topological polar surface area (TPSA) is 39.7 Å². The second-order valence-electron chi connectivity index (χ2n) is 2.79. The van der Waals surface area contributed by atoms with E-state index in [4.69, 9.17) is 25.9 Å². The quantitative estimate of drug-likeness (QED) is 0.787. The van der Waals surface area contributed by atoms with Crippen LogP contribution in [0.25, 0.3) is 0 Å². The average Bonchev–Trinajstić information content (AvgIpc) is 2.27. The van der Waals surface area contributed by atoms with Gasteiger partial charge in [-0.1, -0.05) is 11.6 Å². The van der Waals surface area contributed by atoms with Crippen LogP contribution in [-0.4, -0.2) is 21.3 Å². The summed E-state index contributed by atoms with van der Waals surface area (Å²) in [4.78, 5) is 4.77. The fraction of sp³-hybridized carbons (Fsp3) is 0.400. The van der Waals surface area contributed by atoms with Crippen LogP contribution in [0.5, 0.6) is 11.5 Å². The molecule has 0 saturated heterocycles. The summed E-state index contributed by atoms with van der Waals surface area (Å²) < 4.78 is 10.3. The van der Waals surface area contributed by atoms with Crippen LogP contribution in [0.1, 0.15) is 5.56 Å². The molecule has 84 valence electrons. The van der Waals surface area contributed by atoms with Gasteiger partial charge in [0.2, 0.25) is 0 Å². The van der Waals surface area contributed by atoms with Crippen molar-refractivity contribution in [2.45, 2.75) is 6.54 Å². The summed E-state index contributed by atoms with van der Waals surface area (Å²) >= 11 is 6.13. The van der Waals surface area contributed by atoms with Gasteiger partial charge in [0.1, 0.15) is 11.5 Å². The molecule has 0 spiro atoms. The molecule has 0 saturated carbocycles. The zero-order chi connectivity index (χ0) is 11.3. The molecule has 0 aliphatic carbocycles. The fourth-order valence-corrected chi connectivity index (χ4v) is 1.54. The number of halogens is 1. The molecule has 5 heteroatoms. The molecule has 0 unspecified atom stereocenters. The van der Waals surface area contributed by atoms with Crippen LogP contribution in [0.3, 0.4) is 0 Å². The number of methoxy groups -OCH3 is 2. The molecule has 1 N–H and O–H groups in total. The molecule has 0 aliphatic rings. The molecule has 0 fully saturated rings. The molecular weight excluding hydrogens is 218 g/mol. The number of hydrogen-bond donors (Lipinski definition) is 1. The van der Waals surface area contributed by atoms with Gasteiger partial charge >= 0.3 is 0 Å². The van der Waals surface area contributed by atoms with Gasteiger partial charge in [-0.2, -0.15) is 5.48 Å². The monoisotopic (exact) mass is 231 g/mol. The van der Waals surface area contributed by atoms with Crippen molar-refractivity contribution in [2.75, 3.05) is 21.3 Å². The summed E-state index contributed by atoms with van der Waals surface area (Å²) in [5.41, 5.74) is 3.52. The second kappa shape index (κ2) is 5.80. The van der Waals surface area contributed by atoms with E-state index < -0.39 is 0 Å². The Morgan fingerprint density at radius 3 is 2.27 bits per heavy atom. The molecule has 1 aromatic carbocycles. The van der Waals surface area contributed by atoms with E-state index in [9.17, 15) is 0 Å². The summed E-state index contributed by atoms with van der Waals surface area (Å²) in [7, 11) is 4.70. The number of benzene rings is 1. The number of ether oxygens (including phenoxy) is 2. The van der Waals surface area contributed by atoms with Crippen molar-refractivity contribution in [3.05, 3.63) is 22.7 Å². The van der Waals surface area contributed by atoms with Crippen LogP contribution in [0, 0.1) is 0 Å². The van der Waals surface area contributed by atoms with Gasteiger partial charge in [-0.3, -0.25) is 0 Å². The average molecular weight is 232 g/mol. The maximum absolute atomic E-state index is 6.13. The normalized spacial score (nSPS) is 10.1. The van der Waals surface area contributed by atoms with E-state index in [1.807, 2.05) is 0 Å². The molecule has 0 aromatic heterocycles. The van der Waals surface area contributed by atoms with Crippen molar-refractivity contribution < 1.29 is 14.3 Å². The Hall–Kier alpha value is -0.970. The Bertz CT molecular complexity index is 331. The van der Waals surface area contributed by atoms with Crippen LogP contribution in [0.2, 0.25) is 5.02 Å². The first-order valence-corrected chi connectivity index (χ1v) is 4.77. The number of nitrogens with one attached hydrogen (secondary N) is 1. The van der Waals surface area contributed by atoms with E-state index in [1.54, 1.807) is 33.5 Å². The summed E-state index contributed by atoms with van der Waals surface area (Å²) in [6, 6.07) is 3.56. The van der Waals surface area contributed by atoms with Gasteiger partial charge in [-0.05, 0) is 12.1 Å². The molecule has 0 aliphatic heterocycles. The predicted molar refractivity (Wildman–Crippen MR) is 58.4 cm³/mol. The predicted octanol–water partition coefficient (Wildman–Crippen LogP) is 2.01. The summed E-state index contributed by atoms with van der Waals surface area (Å²) in [5, 5.41) is 0.529. The Morgan fingerprint density at radius 2 is 1.73 bits per heavy atom. The zero-order valence-corrected chi connectivity index (χ0v) is 9.72. The lowest BCUT2D eigenvalue weighted by Crippen LogP contribution is -2.12. The lowest BCUT2D eigenvalue weighted by atomic mass is 10.2. The van der Waals surface area contributed by atoms with Crippen molar-refractivity contribution in [1.29, 1.82) is 0 Å². The molecule has 0 radical (unpaired) electrons. The highest BCUT2D eigenvalue weighted by atomic mass is 35.5. The van der Waals surface area contributed by atoms with Crippen molar-refractivity contribution in [3.8, 4) is 11.5 Å². The van der Waals surface area contributed by atoms with Gasteiger partial charge in [0.05, 0.1) is 32.9 Å². The summed E-state index contributed by atoms with van der Waals surface area (Å²) in [6.45, 7) is 0.454. The van der Waals surface area contributed by atoms with E-state index >= 15 is 0 Å². The zero-order valence-electron chi connectivity index (χ0n) is 8.96. The maximum Gasteiger partial charge on any atom is 0.138 e. The Kier molecular flexibility index (Phi) is 4.68. The first-order chi connectivity index (χ1) is 7.24. The lowest BCUT2D eigenvalue weighted by molar-refractivity contribution is 0.0861. The molecule has 4 nitrogen and oxygen atoms in total. The molecule has 0 amide bonds. The van der Waals surface area contributed by atoms with Crippen molar-refractivity contribution in [3.63, 3.8) is 0 Å². The van der Waals surface area contributed by atoms with Crippen LogP contribution in [-0.2, 0) is 11.4 Å². The van der Waals surface area contributed by atoms with Gasteiger partial charge in [0, 0.05) is 5.56 Å². The minimum Gasteiger partial charge on any atom is -0.496 e. The van der Waals surface area contributed by atoms with Crippen LogP contribution in [0.15, 0.2) is 12.1 Å². The molecule has 0 atom stereocenters. The van der Waals surface area contributed by atoms with Gasteiger partial charge in [-0.15, -0.1) is 0 Å². The van der Waals surface area contributed by atoms with Crippen molar-refractivity contribution in [1.82, 2.24) is 5.48 Å². The molecule has 15 heavy (non-hydrogen) atoms. The fourth-order valence-electron chi connectivity index (χ4n) is 1.24. The first-order valence-electron chi connectivity index (χ1n) is 4.39. The molecule has 1 aromatic rings. The Labute approximate surface area is 94.0 Å². The minimum absolute atomic E-state index is 0.454. The maximum atomic E-state index is 6.13. The van der Waals surface area contributed by atoms with Gasteiger partial charge in [0.15, 0.2) is 0 Å². The summed E-state index contributed by atoms with van der Waals surface area (Å²) in [5.74, 6) is 1.32. The van der Waals surface area contributed by atoms with E-state index in [1.165, 1.54) is 0 Å². The third-order valence-corrected chi connectivity index (χ3v) is 2.41. The molecule has 1 rings (SSSR count). The molecule has 0 heterocycles. The number of hydroxylamine groups is 1. The number of hydrogen-bond acceptors (Lipinski definition) is 4. The molecular formula is C10H14ClNO3. The third-order valence-electron chi connectivity index (χ3n) is 2.00. The van der Waals surface area contributed by atoms with Crippen LogP contribution >= 0.6 is 11.6 Å². The highest BCUT2D eigenvalue weighted by molar-refractivity contribution is 6.33. The Balaban J connectivity index is 3.05. The number of rotatable bonds is 5. The SMILES string of the molecule is CONCc1c(OC)ccc(OC)c1Cl.